The molecule has 0 aromatic rings. The molecule has 62 valence electrons. The van der Waals surface area contributed by atoms with Crippen molar-refractivity contribution >= 4 is 5.78 Å². The molecule has 0 aromatic carbocycles. The minimum Gasteiger partial charge on any atom is -0.382 e. The normalized spacial score (nSPS) is 49.8. The fourth-order valence-electron chi connectivity index (χ4n) is 2.53. The lowest BCUT2D eigenvalue weighted by molar-refractivity contribution is -0.158. The maximum absolute atomic E-state index is 11.5. The Morgan fingerprint density at radius 2 is 1.91 bits per heavy atom. The van der Waals surface area contributed by atoms with Gasteiger partial charge in [0.25, 0.3) is 0 Å². The van der Waals surface area contributed by atoms with Crippen molar-refractivity contribution in [1.82, 2.24) is 0 Å². The van der Waals surface area contributed by atoms with Gasteiger partial charge in [0.15, 0.2) is 5.78 Å². The molecule has 0 saturated heterocycles. The Morgan fingerprint density at radius 1 is 1.36 bits per heavy atom. The molecule has 1 N–H and O–H groups in total. The Bertz CT molecular complexity index is 188. The first kappa shape index (κ1) is 7.29. The van der Waals surface area contributed by atoms with E-state index in [1.54, 1.807) is 6.92 Å². The topological polar surface area (TPSA) is 37.3 Å². The van der Waals surface area contributed by atoms with Crippen molar-refractivity contribution in [1.29, 1.82) is 0 Å². The highest BCUT2D eigenvalue weighted by Gasteiger charge is 2.49. The van der Waals surface area contributed by atoms with Crippen LogP contribution in [-0.2, 0) is 4.79 Å². The van der Waals surface area contributed by atoms with Crippen molar-refractivity contribution < 1.29 is 9.90 Å². The molecule has 1 unspecified atom stereocenters. The number of Topliss-reactive ketones (excluding diaryl/α,β-unsaturated/α-hetero) is 1. The van der Waals surface area contributed by atoms with Crippen LogP contribution in [0.4, 0.5) is 0 Å². The molecule has 0 amide bonds. The van der Waals surface area contributed by atoms with Crippen LogP contribution >= 0.6 is 0 Å². The van der Waals surface area contributed by atoms with Crippen molar-refractivity contribution in [2.75, 3.05) is 0 Å². The highest BCUT2D eigenvalue weighted by molar-refractivity contribution is 5.90. The van der Waals surface area contributed by atoms with Crippen LogP contribution in [0.25, 0.3) is 0 Å². The van der Waals surface area contributed by atoms with Gasteiger partial charge in [0.1, 0.15) is 5.60 Å². The number of fused-ring (bicyclic) bond motifs is 3. The molecule has 1 atom stereocenters. The average molecular weight is 154 g/mol. The molecule has 0 radical (unpaired) electrons. The smallest absolute Gasteiger partial charge is 0.167 e. The quantitative estimate of drug-likeness (QED) is 0.568. The Kier molecular flexibility index (Phi) is 1.37. The third-order valence-corrected chi connectivity index (χ3v) is 3.39. The fraction of sp³-hybridized carbons (Fsp3) is 0.889. The number of carbonyl (C=O) groups excluding carboxylic acids is 1. The van der Waals surface area contributed by atoms with Crippen molar-refractivity contribution in [3.05, 3.63) is 0 Å². The second-order valence-electron chi connectivity index (χ2n) is 4.06. The second kappa shape index (κ2) is 2.07. The van der Waals surface area contributed by atoms with Gasteiger partial charge in [0.2, 0.25) is 0 Å². The van der Waals surface area contributed by atoms with Gasteiger partial charge in [-0.1, -0.05) is 0 Å². The van der Waals surface area contributed by atoms with Crippen LogP contribution in [0.15, 0.2) is 0 Å². The SMILES string of the molecule is CC1(O)C(=O)C2CCC1CC2. The van der Waals surface area contributed by atoms with Crippen LogP contribution < -0.4 is 0 Å². The van der Waals surface area contributed by atoms with Crippen molar-refractivity contribution in [3.63, 3.8) is 0 Å². The summed E-state index contributed by atoms with van der Waals surface area (Å²) < 4.78 is 0. The van der Waals surface area contributed by atoms with Gasteiger partial charge in [0, 0.05) is 5.92 Å². The van der Waals surface area contributed by atoms with E-state index in [0.29, 0.717) is 0 Å². The van der Waals surface area contributed by atoms with Crippen LogP contribution in [0.1, 0.15) is 32.6 Å². The fourth-order valence-corrected chi connectivity index (χ4v) is 2.53. The molecule has 2 bridgehead atoms. The number of aliphatic hydroxyl groups is 1. The molecule has 2 nitrogen and oxygen atoms in total. The molecular formula is C9H14O2. The van der Waals surface area contributed by atoms with E-state index in [-0.39, 0.29) is 17.6 Å². The molecule has 0 heterocycles. The van der Waals surface area contributed by atoms with Gasteiger partial charge in [-0.15, -0.1) is 0 Å². The predicted molar refractivity (Wildman–Crippen MR) is 41.1 cm³/mol. The number of carbonyl (C=O) groups is 1. The number of hydrogen-bond acceptors (Lipinski definition) is 2. The molecule has 2 heteroatoms. The number of ketones is 1. The van der Waals surface area contributed by atoms with Gasteiger partial charge in [-0.2, -0.15) is 0 Å². The Labute approximate surface area is 66.6 Å². The highest BCUT2D eigenvalue weighted by Crippen LogP contribution is 2.44. The molecule has 3 fully saturated rings. The van der Waals surface area contributed by atoms with Gasteiger partial charge in [0.05, 0.1) is 0 Å². The predicted octanol–water partition coefficient (Wildman–Crippen LogP) is 1.13. The van der Waals surface area contributed by atoms with E-state index in [2.05, 4.69) is 0 Å². The maximum Gasteiger partial charge on any atom is 0.167 e. The van der Waals surface area contributed by atoms with E-state index in [9.17, 15) is 9.90 Å². The summed E-state index contributed by atoms with van der Waals surface area (Å²) in [6, 6.07) is 0. The Balaban J connectivity index is 2.30. The molecule has 0 aromatic heterocycles. The summed E-state index contributed by atoms with van der Waals surface area (Å²) in [7, 11) is 0. The monoisotopic (exact) mass is 154 g/mol. The van der Waals surface area contributed by atoms with Gasteiger partial charge in [-0.25, -0.2) is 0 Å². The van der Waals surface area contributed by atoms with Crippen LogP contribution in [0.2, 0.25) is 0 Å². The first-order chi connectivity index (χ1) is 5.12. The number of rotatable bonds is 0. The molecule has 0 aliphatic heterocycles. The Hall–Kier alpha value is -0.370. The van der Waals surface area contributed by atoms with Gasteiger partial charge in [-0.3, -0.25) is 4.79 Å². The van der Waals surface area contributed by atoms with Crippen molar-refractivity contribution in [2.24, 2.45) is 11.8 Å². The van der Waals surface area contributed by atoms with E-state index in [1.807, 2.05) is 0 Å². The zero-order valence-corrected chi connectivity index (χ0v) is 6.84. The minimum atomic E-state index is -0.985. The lowest BCUT2D eigenvalue weighted by atomic mass is 9.62. The lowest BCUT2D eigenvalue weighted by Gasteiger charge is -2.44. The Morgan fingerprint density at radius 3 is 2.18 bits per heavy atom. The molecule has 3 rings (SSSR count). The lowest BCUT2D eigenvalue weighted by Crippen LogP contribution is -2.53. The van der Waals surface area contributed by atoms with Crippen molar-refractivity contribution in [2.45, 2.75) is 38.2 Å². The molecule has 3 aliphatic rings. The highest BCUT2D eigenvalue weighted by atomic mass is 16.3. The minimum absolute atomic E-state index is 0.0972. The van der Waals surface area contributed by atoms with Gasteiger partial charge < -0.3 is 5.11 Å². The first-order valence-electron chi connectivity index (χ1n) is 4.39. The van der Waals surface area contributed by atoms with E-state index in [1.165, 1.54) is 0 Å². The summed E-state index contributed by atoms with van der Waals surface area (Å²) in [4.78, 5) is 11.5. The van der Waals surface area contributed by atoms with Crippen LogP contribution in [0.3, 0.4) is 0 Å². The van der Waals surface area contributed by atoms with E-state index >= 15 is 0 Å². The summed E-state index contributed by atoms with van der Waals surface area (Å²) in [5.74, 6) is 0.523. The summed E-state index contributed by atoms with van der Waals surface area (Å²) in [5, 5.41) is 9.78. The maximum atomic E-state index is 11.5. The van der Waals surface area contributed by atoms with E-state index in [0.717, 1.165) is 25.7 Å². The largest absolute Gasteiger partial charge is 0.382 e. The molecule has 3 saturated carbocycles. The summed E-state index contributed by atoms with van der Waals surface area (Å²) in [6.45, 7) is 1.69. The summed E-state index contributed by atoms with van der Waals surface area (Å²) >= 11 is 0. The first-order valence-corrected chi connectivity index (χ1v) is 4.39. The third kappa shape index (κ3) is 0.853. The molecule has 11 heavy (non-hydrogen) atoms. The summed E-state index contributed by atoms with van der Waals surface area (Å²) in [5.41, 5.74) is -0.985. The number of hydrogen-bond donors (Lipinski definition) is 1. The molecule has 0 spiro atoms. The van der Waals surface area contributed by atoms with E-state index < -0.39 is 5.60 Å². The van der Waals surface area contributed by atoms with Gasteiger partial charge in [-0.05, 0) is 38.5 Å². The summed E-state index contributed by atoms with van der Waals surface area (Å²) in [6.07, 6.45) is 4.12. The average Bonchev–Trinajstić information content (AvgIpc) is 2.01. The second-order valence-corrected chi connectivity index (χ2v) is 4.06. The van der Waals surface area contributed by atoms with Gasteiger partial charge >= 0.3 is 0 Å². The van der Waals surface area contributed by atoms with Crippen LogP contribution in [-0.4, -0.2) is 16.5 Å². The van der Waals surface area contributed by atoms with Crippen molar-refractivity contribution in [3.8, 4) is 0 Å². The van der Waals surface area contributed by atoms with E-state index in [4.69, 9.17) is 0 Å². The zero-order valence-electron chi connectivity index (χ0n) is 6.84. The molecule has 3 aliphatic carbocycles. The standard InChI is InChI=1S/C9H14O2/c1-9(11)7-4-2-6(3-5-7)8(9)10/h6-7,11H,2-5H2,1H3. The zero-order chi connectivity index (χ0) is 8.06. The third-order valence-electron chi connectivity index (χ3n) is 3.39. The van der Waals surface area contributed by atoms with Crippen LogP contribution in [0.5, 0.6) is 0 Å². The van der Waals surface area contributed by atoms with Crippen LogP contribution in [0, 0.1) is 11.8 Å². The molecular weight excluding hydrogens is 140 g/mol.